The van der Waals surface area contributed by atoms with Crippen LogP contribution in [0.25, 0.3) is 33.6 Å². The van der Waals surface area contributed by atoms with Crippen LogP contribution in [0, 0.1) is 5.92 Å². The molecule has 2 aromatic heterocycles. The summed E-state index contributed by atoms with van der Waals surface area (Å²) < 4.78 is 11.3. The minimum absolute atomic E-state index is 0.123. The summed E-state index contributed by atoms with van der Waals surface area (Å²) in [6.07, 6.45) is 8.86. The van der Waals surface area contributed by atoms with Crippen molar-refractivity contribution in [2.24, 2.45) is 5.92 Å². The highest BCUT2D eigenvalue weighted by atomic mass is 35.5. The summed E-state index contributed by atoms with van der Waals surface area (Å²) in [6.45, 7) is 1.45. The predicted octanol–water partition coefficient (Wildman–Crippen LogP) is 6.40. The second kappa shape index (κ2) is 15.2. The van der Waals surface area contributed by atoms with E-state index in [1.807, 2.05) is 43.4 Å². The number of amides is 1. The zero-order valence-corrected chi connectivity index (χ0v) is 28.9. The Morgan fingerprint density at radius 3 is 2.00 bits per heavy atom. The molecule has 0 spiro atoms. The van der Waals surface area contributed by atoms with Gasteiger partial charge in [-0.15, -0.1) is 0 Å². The van der Waals surface area contributed by atoms with Gasteiger partial charge in [0.2, 0.25) is 17.7 Å². The summed E-state index contributed by atoms with van der Waals surface area (Å²) in [7, 11) is 5.21. The second-order valence-corrected chi connectivity index (χ2v) is 13.4. The first-order valence-corrected chi connectivity index (χ1v) is 17.0. The SMILES string of the molecule is COc1nc(-c2cccc(-c3cccc(-c4cnc(CN(C)CC5CC(O)C5)c(OC)n4)c3Cl)c2Cl)cnc1CCC[C@@H]1CCC(=O)N1. The zero-order valence-electron chi connectivity index (χ0n) is 27.4. The molecule has 1 atom stereocenters. The first-order valence-electron chi connectivity index (χ1n) is 16.3. The number of nitrogens with one attached hydrogen (secondary N) is 1. The molecule has 1 saturated heterocycles. The van der Waals surface area contributed by atoms with Crippen LogP contribution in [0.1, 0.15) is 49.9 Å². The van der Waals surface area contributed by atoms with Crippen molar-refractivity contribution >= 4 is 29.1 Å². The van der Waals surface area contributed by atoms with Crippen LogP contribution in [0.15, 0.2) is 48.8 Å². The molecule has 10 nitrogen and oxygen atoms in total. The molecular formula is C36H40Cl2N6O4. The molecule has 48 heavy (non-hydrogen) atoms. The molecule has 0 bridgehead atoms. The lowest BCUT2D eigenvalue weighted by Gasteiger charge is -2.34. The van der Waals surface area contributed by atoms with Crippen LogP contribution in [0.5, 0.6) is 11.8 Å². The highest BCUT2D eigenvalue weighted by Crippen LogP contribution is 2.42. The predicted molar refractivity (Wildman–Crippen MR) is 186 cm³/mol. The van der Waals surface area contributed by atoms with Gasteiger partial charge in [0.1, 0.15) is 11.4 Å². The van der Waals surface area contributed by atoms with Crippen LogP contribution in [0.4, 0.5) is 0 Å². The molecule has 2 aromatic carbocycles. The fourth-order valence-electron chi connectivity index (χ4n) is 6.56. The van der Waals surface area contributed by atoms with Gasteiger partial charge >= 0.3 is 0 Å². The van der Waals surface area contributed by atoms with E-state index in [0.717, 1.165) is 61.2 Å². The number of hydrogen-bond donors (Lipinski definition) is 2. The zero-order chi connectivity index (χ0) is 33.8. The minimum atomic E-state index is -0.173. The molecule has 1 saturated carbocycles. The first-order chi connectivity index (χ1) is 23.2. The molecule has 1 aliphatic heterocycles. The summed E-state index contributed by atoms with van der Waals surface area (Å²) in [4.78, 5) is 32.6. The Balaban J connectivity index is 1.21. The largest absolute Gasteiger partial charge is 0.480 e. The number of methoxy groups -OCH3 is 2. The Morgan fingerprint density at radius 1 is 0.896 bits per heavy atom. The fourth-order valence-corrected chi connectivity index (χ4v) is 7.21. The van der Waals surface area contributed by atoms with Crippen molar-refractivity contribution in [3.8, 4) is 45.4 Å². The second-order valence-electron chi connectivity index (χ2n) is 12.6. The number of rotatable bonds is 13. The molecule has 6 rings (SSSR count). The van der Waals surface area contributed by atoms with Gasteiger partial charge in [-0.25, -0.2) is 9.97 Å². The van der Waals surface area contributed by atoms with E-state index >= 15 is 0 Å². The topological polar surface area (TPSA) is 123 Å². The summed E-state index contributed by atoms with van der Waals surface area (Å²) in [5.41, 5.74) is 5.55. The van der Waals surface area contributed by atoms with Crippen LogP contribution in [-0.2, 0) is 17.8 Å². The quantitative estimate of drug-likeness (QED) is 0.164. The maximum atomic E-state index is 11.5. The highest BCUT2D eigenvalue weighted by Gasteiger charge is 2.28. The van der Waals surface area contributed by atoms with E-state index in [1.165, 1.54) is 0 Å². The molecule has 4 aromatic rings. The number of hydrogen-bond acceptors (Lipinski definition) is 9. The van der Waals surface area contributed by atoms with Crippen molar-refractivity contribution in [2.45, 2.75) is 63.6 Å². The van der Waals surface area contributed by atoms with E-state index < -0.39 is 0 Å². The van der Waals surface area contributed by atoms with Crippen molar-refractivity contribution < 1.29 is 19.4 Å². The van der Waals surface area contributed by atoms with Crippen molar-refractivity contribution in [3.63, 3.8) is 0 Å². The Hall–Kier alpha value is -3.83. The Kier molecular flexibility index (Phi) is 10.8. The first kappa shape index (κ1) is 34.0. The molecule has 0 radical (unpaired) electrons. The van der Waals surface area contributed by atoms with Crippen molar-refractivity contribution in [2.75, 3.05) is 27.8 Å². The molecule has 0 unspecified atom stereocenters. The van der Waals surface area contributed by atoms with Crippen LogP contribution < -0.4 is 14.8 Å². The van der Waals surface area contributed by atoms with Gasteiger partial charge in [-0.3, -0.25) is 14.8 Å². The van der Waals surface area contributed by atoms with Gasteiger partial charge < -0.3 is 24.8 Å². The van der Waals surface area contributed by atoms with Crippen molar-refractivity contribution in [3.05, 3.63) is 70.2 Å². The van der Waals surface area contributed by atoms with Crippen LogP contribution in [0.2, 0.25) is 10.0 Å². The number of ether oxygens (including phenoxy) is 2. The van der Waals surface area contributed by atoms with E-state index in [2.05, 4.69) is 15.2 Å². The van der Waals surface area contributed by atoms with Gasteiger partial charge in [-0.1, -0.05) is 59.6 Å². The molecule has 1 amide bonds. The Labute approximate surface area is 290 Å². The molecule has 3 heterocycles. The molecule has 252 valence electrons. The monoisotopic (exact) mass is 690 g/mol. The summed E-state index contributed by atoms with van der Waals surface area (Å²) >= 11 is 14.1. The lowest BCUT2D eigenvalue weighted by molar-refractivity contribution is -0.119. The molecule has 2 fully saturated rings. The minimum Gasteiger partial charge on any atom is -0.480 e. The summed E-state index contributed by atoms with van der Waals surface area (Å²) in [6, 6.07) is 11.7. The standard InChI is InChI=1S/C36H40Cl2N6O4/c1-44(19-21-15-23(45)16-21)20-31-36(48-3)43-30(18-40-31)27-11-6-9-25(34(27)38)24-8-5-10-26(33(24)37)29-17-39-28(35(42-29)47-2)12-4-7-22-13-14-32(46)41-22/h5-6,8-11,17-18,21-23,45H,4,7,12-16,19-20H2,1-3H3,(H,41,46)/t21?,22-,23?/m1/s1. The average Bonchev–Trinajstić information content (AvgIpc) is 3.49. The number of carbonyl (C=O) groups excluding carboxylic acids is 1. The normalized spacial score (nSPS) is 18.9. The van der Waals surface area contributed by atoms with E-state index in [4.69, 9.17) is 47.6 Å². The van der Waals surface area contributed by atoms with E-state index in [0.29, 0.717) is 69.6 Å². The summed E-state index contributed by atoms with van der Waals surface area (Å²) in [5.74, 6) is 1.51. The highest BCUT2D eigenvalue weighted by molar-refractivity contribution is 6.39. The van der Waals surface area contributed by atoms with Crippen LogP contribution in [0.3, 0.4) is 0 Å². The molecule has 1 aliphatic carbocycles. The number of aryl methyl sites for hydroxylation is 1. The number of aromatic nitrogens is 4. The third-order valence-corrected chi connectivity index (χ3v) is 9.92. The Bertz CT molecular complexity index is 1780. The lowest BCUT2D eigenvalue weighted by atomic mass is 9.82. The average molecular weight is 692 g/mol. The maximum Gasteiger partial charge on any atom is 0.237 e. The number of carbonyl (C=O) groups is 1. The van der Waals surface area contributed by atoms with Crippen molar-refractivity contribution in [1.29, 1.82) is 0 Å². The molecule has 2 N–H and O–H groups in total. The van der Waals surface area contributed by atoms with Gasteiger partial charge in [0.25, 0.3) is 0 Å². The summed E-state index contributed by atoms with van der Waals surface area (Å²) in [5, 5.41) is 13.6. The fraction of sp³-hybridized carbons (Fsp3) is 0.417. The third-order valence-electron chi connectivity index (χ3n) is 9.10. The number of benzene rings is 2. The van der Waals surface area contributed by atoms with Crippen molar-refractivity contribution in [1.82, 2.24) is 30.2 Å². The number of aliphatic hydroxyl groups excluding tert-OH is 1. The Morgan fingerprint density at radius 2 is 1.46 bits per heavy atom. The maximum absolute atomic E-state index is 11.5. The van der Waals surface area contributed by atoms with Crippen LogP contribution in [-0.4, -0.2) is 75.8 Å². The van der Waals surface area contributed by atoms with Crippen LogP contribution >= 0.6 is 23.2 Å². The smallest absolute Gasteiger partial charge is 0.237 e. The van der Waals surface area contributed by atoms with E-state index in [9.17, 15) is 9.90 Å². The van der Waals surface area contributed by atoms with Gasteiger partial charge in [0, 0.05) is 47.8 Å². The molecule has 2 aliphatic rings. The molecular weight excluding hydrogens is 651 g/mol. The number of aliphatic hydroxyl groups is 1. The van der Waals surface area contributed by atoms with Gasteiger partial charge in [-0.05, 0) is 51.5 Å². The van der Waals surface area contributed by atoms with Gasteiger partial charge in [-0.2, -0.15) is 0 Å². The number of nitrogens with zero attached hydrogens (tertiary/aromatic N) is 5. The lowest BCUT2D eigenvalue weighted by Crippen LogP contribution is -2.37. The third kappa shape index (κ3) is 7.57. The van der Waals surface area contributed by atoms with E-state index in [1.54, 1.807) is 26.6 Å². The number of halogens is 2. The van der Waals surface area contributed by atoms with Gasteiger partial charge in [0.15, 0.2) is 0 Å². The van der Waals surface area contributed by atoms with E-state index in [-0.39, 0.29) is 18.1 Å². The van der Waals surface area contributed by atoms with Gasteiger partial charge in [0.05, 0.1) is 54.2 Å². The molecule has 12 heteroatoms.